The van der Waals surface area contributed by atoms with Gasteiger partial charge in [0.25, 0.3) is 11.8 Å². The van der Waals surface area contributed by atoms with Crippen molar-refractivity contribution in [3.8, 4) is 0 Å². The van der Waals surface area contributed by atoms with Crippen molar-refractivity contribution in [1.82, 2.24) is 10.2 Å². The van der Waals surface area contributed by atoms with Gasteiger partial charge in [-0.2, -0.15) is 13.2 Å². The Balaban J connectivity index is 1.69. The van der Waals surface area contributed by atoms with Crippen LogP contribution in [0.5, 0.6) is 0 Å². The number of alkyl halides is 3. The molecule has 0 saturated heterocycles. The van der Waals surface area contributed by atoms with Crippen molar-refractivity contribution in [3.05, 3.63) is 65.2 Å². The number of anilines is 1. The zero-order valence-electron chi connectivity index (χ0n) is 15.6. The number of nitrogens with zero attached hydrogens (tertiary/aromatic N) is 1. The molecule has 0 fully saturated rings. The largest absolute Gasteiger partial charge is 0.471 e. The van der Waals surface area contributed by atoms with Crippen molar-refractivity contribution < 1.29 is 32.3 Å². The van der Waals surface area contributed by atoms with Crippen molar-refractivity contribution in [2.24, 2.45) is 0 Å². The predicted molar refractivity (Wildman–Crippen MR) is 99.4 cm³/mol. The molecule has 3 rings (SSSR count). The number of hydrogen-bond donors (Lipinski definition) is 2. The molecule has 10 heteroatoms. The van der Waals surface area contributed by atoms with Crippen molar-refractivity contribution in [2.45, 2.75) is 25.7 Å². The number of rotatable bonds is 5. The van der Waals surface area contributed by atoms with Crippen LogP contribution >= 0.6 is 0 Å². The topological polar surface area (TPSA) is 95.6 Å². The Morgan fingerprint density at radius 2 is 1.50 bits per heavy atom. The quantitative estimate of drug-likeness (QED) is 0.728. The lowest BCUT2D eigenvalue weighted by atomic mass is 10.1. The van der Waals surface area contributed by atoms with E-state index in [1.54, 1.807) is 17.4 Å². The maximum absolute atomic E-state index is 12.5. The summed E-state index contributed by atoms with van der Waals surface area (Å²) in [5, 5.41) is 4.23. The highest BCUT2D eigenvalue weighted by Gasteiger charge is 2.41. The number of imide groups is 1. The number of nitrogens with one attached hydrogen (secondary N) is 2. The number of halogens is 3. The van der Waals surface area contributed by atoms with Crippen LogP contribution in [0, 0.1) is 0 Å². The molecule has 1 atom stereocenters. The summed E-state index contributed by atoms with van der Waals surface area (Å²) in [6, 6.07) is 10.7. The molecule has 0 aliphatic carbocycles. The van der Waals surface area contributed by atoms with E-state index in [4.69, 9.17) is 0 Å². The molecular formula is C20H16F3N3O4. The lowest BCUT2D eigenvalue weighted by molar-refractivity contribution is -0.167. The Labute approximate surface area is 168 Å². The molecule has 0 radical (unpaired) electrons. The molecule has 30 heavy (non-hydrogen) atoms. The summed E-state index contributed by atoms with van der Waals surface area (Å²) in [6.45, 7) is 1.15. The number of para-hydroxylation sites is 1. The molecular weight excluding hydrogens is 403 g/mol. The van der Waals surface area contributed by atoms with Crippen LogP contribution in [0.15, 0.2) is 48.5 Å². The average Bonchev–Trinajstić information content (AvgIpc) is 2.96. The molecule has 2 aromatic carbocycles. The summed E-state index contributed by atoms with van der Waals surface area (Å²) in [7, 11) is 0. The van der Waals surface area contributed by atoms with Gasteiger partial charge in [-0.3, -0.25) is 24.1 Å². The van der Waals surface area contributed by atoms with Gasteiger partial charge in [0.2, 0.25) is 5.91 Å². The van der Waals surface area contributed by atoms with Crippen molar-refractivity contribution in [1.29, 1.82) is 0 Å². The van der Waals surface area contributed by atoms with Gasteiger partial charge < -0.3 is 10.6 Å². The zero-order valence-corrected chi connectivity index (χ0v) is 15.6. The molecule has 1 aliphatic heterocycles. The van der Waals surface area contributed by atoms with Crippen molar-refractivity contribution in [3.63, 3.8) is 0 Å². The fraction of sp³-hybridized carbons (Fsp3) is 0.200. The third-order valence-electron chi connectivity index (χ3n) is 4.57. The molecule has 2 aromatic rings. The van der Waals surface area contributed by atoms with Crippen LogP contribution in [0.2, 0.25) is 0 Å². The van der Waals surface area contributed by atoms with Gasteiger partial charge in [0, 0.05) is 12.2 Å². The Hall–Kier alpha value is -3.69. The van der Waals surface area contributed by atoms with Crippen LogP contribution in [0.1, 0.15) is 33.2 Å². The summed E-state index contributed by atoms with van der Waals surface area (Å²) in [4.78, 5) is 49.5. The number of carbonyl (C=O) groups is 4. The van der Waals surface area contributed by atoms with E-state index < -0.39 is 35.8 Å². The first-order valence-corrected chi connectivity index (χ1v) is 8.82. The summed E-state index contributed by atoms with van der Waals surface area (Å²) < 4.78 is 37.5. The fourth-order valence-corrected chi connectivity index (χ4v) is 3.00. The second-order valence-corrected chi connectivity index (χ2v) is 6.53. The highest BCUT2D eigenvalue weighted by molar-refractivity contribution is 6.22. The van der Waals surface area contributed by atoms with Crippen molar-refractivity contribution in [2.75, 3.05) is 5.32 Å². The van der Waals surface area contributed by atoms with E-state index in [0.717, 1.165) is 4.90 Å². The summed E-state index contributed by atoms with van der Waals surface area (Å²) >= 11 is 0. The van der Waals surface area contributed by atoms with Crippen LogP contribution in [0.25, 0.3) is 0 Å². The lowest BCUT2D eigenvalue weighted by Crippen LogP contribution is -2.47. The second-order valence-electron chi connectivity index (χ2n) is 6.53. The van der Waals surface area contributed by atoms with Gasteiger partial charge in [0.15, 0.2) is 0 Å². The third-order valence-corrected chi connectivity index (χ3v) is 4.57. The first-order chi connectivity index (χ1) is 14.1. The number of benzene rings is 2. The maximum atomic E-state index is 12.5. The molecule has 1 unspecified atom stereocenters. The zero-order chi connectivity index (χ0) is 22.1. The molecule has 0 aromatic heterocycles. The number of hydrogen-bond acceptors (Lipinski definition) is 4. The first kappa shape index (κ1) is 21.0. The fourth-order valence-electron chi connectivity index (χ4n) is 3.00. The minimum absolute atomic E-state index is 0.117. The van der Waals surface area contributed by atoms with Gasteiger partial charge >= 0.3 is 12.1 Å². The molecule has 156 valence electrons. The van der Waals surface area contributed by atoms with E-state index in [9.17, 15) is 32.3 Å². The second kappa shape index (κ2) is 7.97. The van der Waals surface area contributed by atoms with Crippen LogP contribution in [-0.2, 0) is 16.1 Å². The minimum atomic E-state index is -5.06. The Morgan fingerprint density at radius 3 is 2.07 bits per heavy atom. The van der Waals surface area contributed by atoms with Crippen LogP contribution in [0.3, 0.4) is 0 Å². The highest BCUT2D eigenvalue weighted by atomic mass is 19.4. The molecule has 4 amide bonds. The number of amides is 4. The van der Waals surface area contributed by atoms with Gasteiger partial charge in [-0.05, 0) is 30.7 Å². The molecule has 1 heterocycles. The maximum Gasteiger partial charge on any atom is 0.471 e. The summed E-state index contributed by atoms with van der Waals surface area (Å²) in [6.07, 6.45) is -5.06. The van der Waals surface area contributed by atoms with Gasteiger partial charge in [-0.1, -0.05) is 30.3 Å². The van der Waals surface area contributed by atoms with Gasteiger partial charge in [0.05, 0.1) is 11.1 Å². The van der Waals surface area contributed by atoms with Crippen molar-refractivity contribution >= 4 is 29.3 Å². The van der Waals surface area contributed by atoms with Crippen LogP contribution < -0.4 is 10.6 Å². The van der Waals surface area contributed by atoms with Crippen LogP contribution in [-0.4, -0.2) is 40.7 Å². The molecule has 0 bridgehead atoms. The van der Waals surface area contributed by atoms with Gasteiger partial charge in [0.1, 0.15) is 6.04 Å². The first-order valence-electron chi connectivity index (χ1n) is 8.82. The molecule has 2 N–H and O–H groups in total. The van der Waals surface area contributed by atoms with E-state index in [0.29, 0.717) is 0 Å². The number of carbonyl (C=O) groups excluding carboxylic acids is 4. The third kappa shape index (κ3) is 4.02. The monoisotopic (exact) mass is 419 g/mol. The van der Waals surface area contributed by atoms with E-state index in [1.807, 2.05) is 0 Å². The SMILES string of the molecule is CC(C(=O)NCc1ccccc1NC(=O)C(F)(F)F)N1C(=O)c2ccccc2C1=O. The standard InChI is InChI=1S/C20H16F3N3O4/c1-11(26-17(28)13-7-3-4-8-14(13)18(26)29)16(27)24-10-12-6-2-5-9-15(12)25-19(30)20(21,22)23/h2-9,11H,10H2,1H3,(H,24,27)(H,25,30). The predicted octanol–water partition coefficient (Wildman–Crippen LogP) is 2.49. The molecule has 1 aliphatic rings. The Morgan fingerprint density at radius 1 is 0.967 bits per heavy atom. The summed E-state index contributed by atoms with van der Waals surface area (Å²) in [5.74, 6) is -4.02. The van der Waals surface area contributed by atoms with E-state index in [-0.39, 0.29) is 28.9 Å². The normalized spacial score (nSPS) is 14.3. The Kier molecular flexibility index (Phi) is 5.59. The minimum Gasteiger partial charge on any atom is -0.350 e. The molecule has 7 nitrogen and oxygen atoms in total. The highest BCUT2D eigenvalue weighted by Crippen LogP contribution is 2.25. The van der Waals surface area contributed by atoms with Crippen LogP contribution in [0.4, 0.5) is 18.9 Å². The molecule has 0 spiro atoms. The van der Waals surface area contributed by atoms with E-state index in [1.165, 1.54) is 43.3 Å². The molecule has 0 saturated carbocycles. The average molecular weight is 419 g/mol. The smallest absolute Gasteiger partial charge is 0.350 e. The number of fused-ring (bicyclic) bond motifs is 1. The van der Waals surface area contributed by atoms with Gasteiger partial charge in [-0.15, -0.1) is 0 Å². The Bertz CT molecular complexity index is 1000. The lowest BCUT2D eigenvalue weighted by Gasteiger charge is -2.22. The van der Waals surface area contributed by atoms with E-state index in [2.05, 4.69) is 5.32 Å². The van der Waals surface area contributed by atoms with E-state index >= 15 is 0 Å². The summed E-state index contributed by atoms with van der Waals surface area (Å²) in [5.41, 5.74) is 0.497. The van der Waals surface area contributed by atoms with Gasteiger partial charge in [-0.25, -0.2) is 0 Å².